The van der Waals surface area contributed by atoms with Gasteiger partial charge in [-0.25, -0.2) is 0 Å². The summed E-state index contributed by atoms with van der Waals surface area (Å²) in [6, 6.07) is 7.82. The van der Waals surface area contributed by atoms with E-state index in [0.717, 1.165) is 11.3 Å². The first-order chi connectivity index (χ1) is 6.03. The van der Waals surface area contributed by atoms with Gasteiger partial charge in [0.1, 0.15) is 5.75 Å². The Labute approximate surface area is 95.1 Å². The van der Waals surface area contributed by atoms with Crippen molar-refractivity contribution in [2.45, 2.75) is 10.3 Å². The quantitative estimate of drug-likeness (QED) is 0.606. The molecule has 0 saturated heterocycles. The normalized spacial score (nSPS) is 11.0. The van der Waals surface area contributed by atoms with Crippen LogP contribution in [0, 0.1) is 6.92 Å². The summed E-state index contributed by atoms with van der Waals surface area (Å²) in [5.74, 6) is 0.800. The van der Waals surface area contributed by atoms with Crippen LogP contribution in [0.5, 0.6) is 5.75 Å². The van der Waals surface area contributed by atoms with Crippen LogP contribution in [0.15, 0.2) is 36.9 Å². The van der Waals surface area contributed by atoms with Crippen molar-refractivity contribution in [1.82, 2.24) is 0 Å². The largest absolute Gasteiger partial charge is 0.463 e. The maximum absolute atomic E-state index is 5.55. The van der Waals surface area contributed by atoms with Gasteiger partial charge < -0.3 is 4.74 Å². The van der Waals surface area contributed by atoms with Gasteiger partial charge >= 0.3 is 0 Å². The Kier molecular flexibility index (Phi) is 3.56. The smallest absolute Gasteiger partial charge is 0.236 e. The molecule has 0 saturated carbocycles. The van der Waals surface area contributed by atoms with Gasteiger partial charge in [0, 0.05) is 0 Å². The van der Waals surface area contributed by atoms with Crippen LogP contribution in [-0.2, 0) is 0 Å². The zero-order valence-electron chi connectivity index (χ0n) is 7.26. The fraction of sp³-hybridized carbons (Fsp3) is 0.200. The first-order valence-corrected chi connectivity index (χ1v) is 5.39. The minimum Gasteiger partial charge on any atom is -0.463 e. The molecule has 0 heterocycles. The van der Waals surface area contributed by atoms with Crippen molar-refractivity contribution >= 4 is 31.9 Å². The summed E-state index contributed by atoms with van der Waals surface area (Å²) >= 11 is 6.64. The van der Waals surface area contributed by atoms with Crippen LogP contribution in [0.25, 0.3) is 0 Å². The number of rotatable bonds is 3. The molecule has 0 amide bonds. The van der Waals surface area contributed by atoms with E-state index in [1.165, 1.54) is 0 Å². The molecule has 0 atom stereocenters. The summed E-state index contributed by atoms with van der Waals surface area (Å²) in [4.78, 5) is 0. The van der Waals surface area contributed by atoms with Crippen molar-refractivity contribution in [1.29, 1.82) is 0 Å². The highest BCUT2D eigenvalue weighted by atomic mass is 79.9. The van der Waals surface area contributed by atoms with E-state index in [2.05, 4.69) is 38.4 Å². The van der Waals surface area contributed by atoms with E-state index >= 15 is 0 Å². The number of halogens is 2. The molecular formula is C10H10Br2O. The van der Waals surface area contributed by atoms with Gasteiger partial charge in [0.25, 0.3) is 0 Å². The van der Waals surface area contributed by atoms with Crippen LogP contribution in [0.1, 0.15) is 5.56 Å². The second-order valence-corrected chi connectivity index (χ2v) is 6.10. The number of benzene rings is 1. The molecule has 0 bridgehead atoms. The van der Waals surface area contributed by atoms with Gasteiger partial charge in [-0.2, -0.15) is 0 Å². The third-order valence-corrected chi connectivity index (χ3v) is 2.45. The SMILES string of the molecule is C=CC(Br)(Br)Oc1cccc(C)c1. The Hall–Kier alpha value is -0.280. The van der Waals surface area contributed by atoms with E-state index in [0.29, 0.717) is 0 Å². The number of ether oxygens (including phenoxy) is 1. The van der Waals surface area contributed by atoms with Crippen molar-refractivity contribution in [3.05, 3.63) is 42.5 Å². The van der Waals surface area contributed by atoms with Gasteiger partial charge in [0.15, 0.2) is 0 Å². The van der Waals surface area contributed by atoms with Crippen LogP contribution >= 0.6 is 31.9 Å². The molecule has 1 rings (SSSR count). The van der Waals surface area contributed by atoms with Crippen molar-refractivity contribution in [3.63, 3.8) is 0 Å². The third kappa shape index (κ3) is 3.53. The molecule has 70 valence electrons. The van der Waals surface area contributed by atoms with E-state index in [4.69, 9.17) is 4.74 Å². The standard InChI is InChI=1S/C10H10Br2O/c1-3-10(11,12)13-9-6-4-5-8(2)7-9/h3-7H,1H2,2H3. The highest BCUT2D eigenvalue weighted by Crippen LogP contribution is 2.31. The Morgan fingerprint density at radius 2 is 2.15 bits per heavy atom. The van der Waals surface area contributed by atoms with Crippen molar-refractivity contribution in [2.24, 2.45) is 0 Å². The molecule has 0 fully saturated rings. The summed E-state index contributed by atoms with van der Waals surface area (Å²) in [6.45, 7) is 5.65. The van der Waals surface area contributed by atoms with Gasteiger partial charge in [-0.1, -0.05) is 18.7 Å². The summed E-state index contributed by atoms with van der Waals surface area (Å²) in [7, 11) is 0. The fourth-order valence-electron chi connectivity index (χ4n) is 0.878. The van der Waals surface area contributed by atoms with Crippen molar-refractivity contribution in [3.8, 4) is 5.75 Å². The molecule has 1 aromatic carbocycles. The molecule has 3 heteroatoms. The Balaban J connectivity index is 2.80. The first-order valence-electron chi connectivity index (χ1n) is 3.80. The predicted octanol–water partition coefficient (Wildman–Crippen LogP) is 4.00. The summed E-state index contributed by atoms with van der Waals surface area (Å²) in [6.07, 6.45) is 1.63. The molecule has 0 aliphatic carbocycles. The average molecular weight is 306 g/mol. The van der Waals surface area contributed by atoms with Gasteiger partial charge in [-0.3, -0.25) is 0 Å². The number of aryl methyl sites for hydroxylation is 1. The van der Waals surface area contributed by atoms with Crippen LogP contribution in [-0.4, -0.2) is 3.42 Å². The molecule has 0 aliphatic rings. The second-order valence-electron chi connectivity index (χ2n) is 2.68. The lowest BCUT2D eigenvalue weighted by atomic mass is 10.2. The Morgan fingerprint density at radius 3 is 2.69 bits per heavy atom. The number of hydrogen-bond donors (Lipinski definition) is 0. The molecule has 1 aromatic rings. The van der Waals surface area contributed by atoms with Crippen LogP contribution < -0.4 is 4.74 Å². The summed E-state index contributed by atoms with van der Waals surface area (Å²) < 4.78 is 4.87. The van der Waals surface area contributed by atoms with Gasteiger partial charge in [0.2, 0.25) is 3.42 Å². The minimum atomic E-state index is -0.673. The minimum absolute atomic E-state index is 0.673. The molecular weight excluding hydrogens is 296 g/mol. The lowest BCUT2D eigenvalue weighted by molar-refractivity contribution is 0.316. The highest BCUT2D eigenvalue weighted by Gasteiger charge is 2.19. The molecule has 0 spiro atoms. The van der Waals surface area contributed by atoms with Crippen molar-refractivity contribution in [2.75, 3.05) is 0 Å². The lowest BCUT2D eigenvalue weighted by Crippen LogP contribution is -2.16. The second kappa shape index (κ2) is 4.29. The first kappa shape index (κ1) is 10.8. The molecule has 13 heavy (non-hydrogen) atoms. The number of hydrogen-bond acceptors (Lipinski definition) is 1. The van der Waals surface area contributed by atoms with Crippen LogP contribution in [0.4, 0.5) is 0 Å². The molecule has 0 unspecified atom stereocenters. The lowest BCUT2D eigenvalue weighted by Gasteiger charge is -2.18. The molecule has 0 radical (unpaired) electrons. The van der Waals surface area contributed by atoms with Crippen molar-refractivity contribution < 1.29 is 4.74 Å². The van der Waals surface area contributed by atoms with E-state index in [9.17, 15) is 0 Å². The zero-order valence-corrected chi connectivity index (χ0v) is 10.4. The summed E-state index contributed by atoms with van der Waals surface area (Å²) in [5.41, 5.74) is 1.16. The van der Waals surface area contributed by atoms with E-state index in [-0.39, 0.29) is 0 Å². The van der Waals surface area contributed by atoms with Gasteiger partial charge in [-0.15, -0.1) is 0 Å². The Bertz CT molecular complexity index is 308. The molecule has 1 nitrogen and oxygen atoms in total. The topological polar surface area (TPSA) is 9.23 Å². The van der Waals surface area contributed by atoms with E-state index in [1.54, 1.807) is 6.08 Å². The maximum atomic E-state index is 5.55. The van der Waals surface area contributed by atoms with E-state index < -0.39 is 3.42 Å². The predicted molar refractivity (Wildman–Crippen MR) is 62.6 cm³/mol. The summed E-state index contributed by atoms with van der Waals surface area (Å²) in [5, 5.41) is 0. The Morgan fingerprint density at radius 1 is 1.46 bits per heavy atom. The zero-order chi connectivity index (χ0) is 9.90. The van der Waals surface area contributed by atoms with Crippen LogP contribution in [0.2, 0.25) is 0 Å². The number of alkyl halides is 2. The van der Waals surface area contributed by atoms with Gasteiger partial charge in [0.05, 0.1) is 0 Å². The van der Waals surface area contributed by atoms with E-state index in [1.807, 2.05) is 31.2 Å². The molecule has 0 aromatic heterocycles. The fourth-order valence-corrected chi connectivity index (χ4v) is 1.25. The maximum Gasteiger partial charge on any atom is 0.236 e. The monoisotopic (exact) mass is 304 g/mol. The average Bonchev–Trinajstić information content (AvgIpc) is 2.03. The van der Waals surface area contributed by atoms with Gasteiger partial charge in [-0.05, 0) is 62.6 Å². The molecule has 0 aliphatic heterocycles. The third-order valence-electron chi connectivity index (χ3n) is 1.48. The highest BCUT2D eigenvalue weighted by molar-refractivity contribution is 9.25. The molecule has 0 N–H and O–H groups in total. The van der Waals surface area contributed by atoms with Crippen LogP contribution in [0.3, 0.4) is 0 Å².